The van der Waals surface area contributed by atoms with Gasteiger partial charge in [-0.3, -0.25) is 14.7 Å². The molecule has 6 heteroatoms. The van der Waals surface area contributed by atoms with E-state index in [9.17, 15) is 9.59 Å². The van der Waals surface area contributed by atoms with Gasteiger partial charge in [0.2, 0.25) is 5.91 Å². The van der Waals surface area contributed by atoms with E-state index in [0.29, 0.717) is 5.65 Å². The molecule has 3 heterocycles. The Kier molecular flexibility index (Phi) is 3.90. The number of nitrogens with zero attached hydrogens (tertiary/aromatic N) is 3. The normalized spacial score (nSPS) is 13.9. The number of benzene rings is 1. The molecular formula is C20H22N4O2. The summed E-state index contributed by atoms with van der Waals surface area (Å²) in [5, 5.41) is 2.75. The van der Waals surface area contributed by atoms with Crippen molar-refractivity contribution in [3.05, 3.63) is 62.7 Å². The zero-order valence-corrected chi connectivity index (χ0v) is 15.3. The van der Waals surface area contributed by atoms with Crippen LogP contribution in [0.3, 0.4) is 0 Å². The van der Waals surface area contributed by atoms with Gasteiger partial charge >= 0.3 is 0 Å². The van der Waals surface area contributed by atoms with Crippen LogP contribution in [0.4, 0.5) is 5.69 Å². The third-order valence-corrected chi connectivity index (χ3v) is 5.25. The number of aromatic nitrogens is 3. The van der Waals surface area contributed by atoms with Crippen LogP contribution in [0, 0.1) is 20.8 Å². The van der Waals surface area contributed by atoms with Crippen molar-refractivity contribution < 1.29 is 4.79 Å². The molecule has 134 valence electrons. The van der Waals surface area contributed by atoms with Crippen LogP contribution in [0.25, 0.3) is 5.65 Å². The van der Waals surface area contributed by atoms with E-state index in [0.717, 1.165) is 47.6 Å². The number of hydrogen-bond acceptors (Lipinski definition) is 3. The van der Waals surface area contributed by atoms with Crippen molar-refractivity contribution in [3.8, 4) is 0 Å². The summed E-state index contributed by atoms with van der Waals surface area (Å²) in [7, 11) is 0. The number of H-pyrrole nitrogens is 1. The molecule has 0 aliphatic carbocycles. The fourth-order valence-corrected chi connectivity index (χ4v) is 3.95. The second kappa shape index (κ2) is 6.12. The van der Waals surface area contributed by atoms with Crippen molar-refractivity contribution in [2.24, 2.45) is 0 Å². The first-order chi connectivity index (χ1) is 12.5. The number of rotatable bonds is 2. The second-order valence-corrected chi connectivity index (χ2v) is 6.98. The average molecular weight is 350 g/mol. The summed E-state index contributed by atoms with van der Waals surface area (Å²) in [6, 6.07) is 7.68. The van der Waals surface area contributed by atoms with E-state index in [4.69, 9.17) is 0 Å². The van der Waals surface area contributed by atoms with Gasteiger partial charge in [-0.1, -0.05) is 18.2 Å². The zero-order chi connectivity index (χ0) is 18.4. The van der Waals surface area contributed by atoms with Gasteiger partial charge in [0.15, 0.2) is 5.65 Å². The maximum Gasteiger partial charge on any atom is 0.266 e. The lowest BCUT2D eigenvalue weighted by molar-refractivity contribution is -0.118. The molecule has 0 fully saturated rings. The number of fused-ring (bicyclic) bond motifs is 2. The molecule has 0 spiro atoms. The van der Waals surface area contributed by atoms with Gasteiger partial charge in [-0.25, -0.2) is 9.50 Å². The van der Waals surface area contributed by atoms with Gasteiger partial charge in [-0.05, 0) is 44.7 Å². The predicted octanol–water partition coefficient (Wildman–Crippen LogP) is 2.47. The smallest absolute Gasteiger partial charge is 0.266 e. The van der Waals surface area contributed by atoms with Crippen LogP contribution in [0.15, 0.2) is 29.1 Å². The zero-order valence-electron chi connectivity index (χ0n) is 15.3. The standard InChI is InChI=1S/C20H22N4O2/c1-12-6-4-7-15-8-5-9-23(20(12)15)19(26)10-16-13(2)21-17-11-18(25)22-24(17)14(16)3/h4,6-7,11H,5,8-10H2,1-3H3,(H,22,25). The first kappa shape index (κ1) is 16.6. The average Bonchev–Trinajstić information content (AvgIpc) is 2.98. The topological polar surface area (TPSA) is 70.5 Å². The first-order valence-corrected chi connectivity index (χ1v) is 8.92. The number of aromatic amines is 1. The van der Waals surface area contributed by atoms with Gasteiger partial charge in [0.1, 0.15) is 0 Å². The van der Waals surface area contributed by atoms with E-state index < -0.39 is 0 Å². The number of anilines is 1. The van der Waals surface area contributed by atoms with Gasteiger partial charge in [0, 0.05) is 35.2 Å². The molecule has 0 unspecified atom stereocenters. The number of carbonyl (C=O) groups excluding carboxylic acids is 1. The quantitative estimate of drug-likeness (QED) is 0.772. The van der Waals surface area contributed by atoms with E-state index in [1.54, 1.807) is 4.52 Å². The number of aryl methyl sites for hydroxylation is 4. The lowest BCUT2D eigenvalue weighted by Gasteiger charge is -2.31. The molecule has 6 nitrogen and oxygen atoms in total. The van der Waals surface area contributed by atoms with Crippen molar-refractivity contribution in [1.29, 1.82) is 0 Å². The number of amides is 1. The molecular weight excluding hydrogens is 328 g/mol. The SMILES string of the molecule is Cc1cccc2c1N(C(=O)Cc1c(C)nc3cc(=O)[nH]n3c1C)CCC2. The number of para-hydroxylation sites is 1. The van der Waals surface area contributed by atoms with E-state index in [-0.39, 0.29) is 17.9 Å². The molecule has 0 bridgehead atoms. The van der Waals surface area contributed by atoms with E-state index in [2.05, 4.69) is 35.2 Å². The molecule has 1 aliphatic rings. The highest BCUT2D eigenvalue weighted by atomic mass is 16.2. The molecule has 0 saturated heterocycles. The Morgan fingerprint density at radius 1 is 1.27 bits per heavy atom. The summed E-state index contributed by atoms with van der Waals surface area (Å²) in [6.45, 7) is 6.60. The summed E-state index contributed by atoms with van der Waals surface area (Å²) in [6.07, 6.45) is 2.26. The van der Waals surface area contributed by atoms with Crippen LogP contribution >= 0.6 is 0 Å². The van der Waals surface area contributed by atoms with Gasteiger partial charge in [-0.15, -0.1) is 0 Å². The van der Waals surface area contributed by atoms with Gasteiger partial charge in [-0.2, -0.15) is 0 Å². The number of nitrogens with one attached hydrogen (secondary N) is 1. The molecule has 2 aromatic heterocycles. The van der Waals surface area contributed by atoms with Gasteiger partial charge in [0.05, 0.1) is 6.42 Å². The Morgan fingerprint density at radius 2 is 2.08 bits per heavy atom. The van der Waals surface area contributed by atoms with Crippen molar-refractivity contribution in [1.82, 2.24) is 14.6 Å². The van der Waals surface area contributed by atoms with Gasteiger partial charge < -0.3 is 4.90 Å². The summed E-state index contributed by atoms with van der Waals surface area (Å²) in [5.41, 5.74) is 6.33. The highest BCUT2D eigenvalue weighted by molar-refractivity contribution is 5.97. The Bertz CT molecular complexity index is 1080. The highest BCUT2D eigenvalue weighted by Gasteiger charge is 2.25. The van der Waals surface area contributed by atoms with Crippen LogP contribution in [0.5, 0.6) is 0 Å². The van der Waals surface area contributed by atoms with E-state index in [1.165, 1.54) is 11.6 Å². The largest absolute Gasteiger partial charge is 0.312 e. The third-order valence-electron chi connectivity index (χ3n) is 5.25. The number of carbonyl (C=O) groups is 1. The Morgan fingerprint density at radius 3 is 2.88 bits per heavy atom. The lowest BCUT2D eigenvalue weighted by Crippen LogP contribution is -2.37. The maximum absolute atomic E-state index is 13.1. The molecule has 0 radical (unpaired) electrons. The summed E-state index contributed by atoms with van der Waals surface area (Å²) in [5.74, 6) is 0.0714. The monoisotopic (exact) mass is 350 g/mol. The Balaban J connectivity index is 1.72. The minimum absolute atomic E-state index is 0.0714. The molecule has 1 N–H and O–H groups in total. The molecule has 3 aromatic rings. The maximum atomic E-state index is 13.1. The highest BCUT2D eigenvalue weighted by Crippen LogP contribution is 2.31. The van der Waals surface area contributed by atoms with Crippen molar-refractivity contribution in [2.45, 2.75) is 40.0 Å². The summed E-state index contributed by atoms with van der Waals surface area (Å²) >= 11 is 0. The summed E-state index contributed by atoms with van der Waals surface area (Å²) in [4.78, 5) is 31.2. The van der Waals surface area contributed by atoms with Crippen molar-refractivity contribution in [2.75, 3.05) is 11.4 Å². The third kappa shape index (κ3) is 2.62. The molecule has 1 aromatic carbocycles. The summed E-state index contributed by atoms with van der Waals surface area (Å²) < 4.78 is 1.66. The Labute approximate surface area is 151 Å². The first-order valence-electron chi connectivity index (χ1n) is 8.92. The van der Waals surface area contributed by atoms with E-state index in [1.807, 2.05) is 18.7 Å². The predicted molar refractivity (Wildman–Crippen MR) is 101 cm³/mol. The molecule has 4 rings (SSSR count). The molecule has 26 heavy (non-hydrogen) atoms. The minimum atomic E-state index is -0.191. The van der Waals surface area contributed by atoms with Crippen LogP contribution in [0.2, 0.25) is 0 Å². The molecule has 0 atom stereocenters. The van der Waals surface area contributed by atoms with Crippen molar-refractivity contribution in [3.63, 3.8) is 0 Å². The molecule has 1 amide bonds. The van der Waals surface area contributed by atoms with Crippen LogP contribution < -0.4 is 10.5 Å². The van der Waals surface area contributed by atoms with E-state index >= 15 is 0 Å². The Hall–Kier alpha value is -2.89. The number of hydrogen-bond donors (Lipinski definition) is 1. The molecule has 0 saturated carbocycles. The second-order valence-electron chi connectivity index (χ2n) is 6.98. The van der Waals surface area contributed by atoms with Crippen molar-refractivity contribution >= 4 is 17.2 Å². The molecule has 1 aliphatic heterocycles. The fourth-order valence-electron chi connectivity index (χ4n) is 3.95. The van der Waals surface area contributed by atoms with Gasteiger partial charge in [0.25, 0.3) is 5.56 Å². The lowest BCUT2D eigenvalue weighted by atomic mass is 9.97. The fraction of sp³-hybridized carbons (Fsp3) is 0.350. The van der Waals surface area contributed by atoms with Crippen LogP contribution in [-0.4, -0.2) is 27.0 Å². The minimum Gasteiger partial charge on any atom is -0.312 e. The van der Waals surface area contributed by atoms with Crippen LogP contribution in [0.1, 0.15) is 34.5 Å². The van der Waals surface area contributed by atoms with Crippen LogP contribution in [-0.2, 0) is 17.6 Å².